The van der Waals surface area contributed by atoms with Gasteiger partial charge in [0.15, 0.2) is 5.69 Å². The number of halogens is 1. The Kier molecular flexibility index (Phi) is 3.53. The molecule has 2 N–H and O–H groups in total. The monoisotopic (exact) mass is 361 g/mol. The van der Waals surface area contributed by atoms with Crippen LogP contribution in [0.5, 0.6) is 0 Å². The van der Waals surface area contributed by atoms with Gasteiger partial charge in [0.05, 0.1) is 23.4 Å². The van der Waals surface area contributed by atoms with Crippen molar-refractivity contribution in [1.29, 1.82) is 0 Å². The molecule has 0 unspecified atom stereocenters. The van der Waals surface area contributed by atoms with E-state index in [0.29, 0.717) is 36.6 Å². The van der Waals surface area contributed by atoms with Crippen molar-refractivity contribution in [3.05, 3.63) is 71.4 Å². The summed E-state index contributed by atoms with van der Waals surface area (Å²) in [6, 6.07) is 13.9. The van der Waals surface area contributed by atoms with Gasteiger partial charge in [0.2, 0.25) is 0 Å². The summed E-state index contributed by atoms with van der Waals surface area (Å²) in [4.78, 5) is 22.6. The fourth-order valence-electron chi connectivity index (χ4n) is 3.52. The zero-order valence-electron chi connectivity index (χ0n) is 14.4. The van der Waals surface area contributed by atoms with Crippen molar-refractivity contribution in [3.63, 3.8) is 0 Å². The second-order valence-corrected chi connectivity index (χ2v) is 6.62. The van der Waals surface area contributed by atoms with E-state index in [4.69, 9.17) is 0 Å². The third-order valence-corrected chi connectivity index (χ3v) is 4.89. The average Bonchev–Trinajstić information content (AvgIpc) is 3.31. The van der Waals surface area contributed by atoms with Gasteiger partial charge in [0.25, 0.3) is 5.91 Å². The van der Waals surface area contributed by atoms with E-state index in [0.717, 1.165) is 22.3 Å². The standard InChI is InChI=1S/C20H16FN5O/c21-13-5-3-4-12(10-13)19-22-16-8-9-26(11-17(16)23-19)20(27)18-14-6-1-2-7-15(14)24-25-18/h1-7,10H,8-9,11H2,(H,22,23)(H,24,25). The number of hydrogen-bond acceptors (Lipinski definition) is 3. The van der Waals surface area contributed by atoms with Gasteiger partial charge in [-0.2, -0.15) is 5.10 Å². The predicted octanol–water partition coefficient (Wildman–Crippen LogP) is 3.29. The number of nitrogens with one attached hydrogen (secondary N) is 2. The van der Waals surface area contributed by atoms with Gasteiger partial charge in [-0.15, -0.1) is 0 Å². The molecule has 7 heteroatoms. The molecule has 0 atom stereocenters. The number of amides is 1. The summed E-state index contributed by atoms with van der Waals surface area (Å²) in [7, 11) is 0. The number of hydrogen-bond donors (Lipinski definition) is 2. The van der Waals surface area contributed by atoms with Crippen molar-refractivity contribution in [2.45, 2.75) is 13.0 Å². The van der Waals surface area contributed by atoms with E-state index in [-0.39, 0.29) is 11.7 Å². The van der Waals surface area contributed by atoms with Crippen molar-refractivity contribution in [1.82, 2.24) is 25.1 Å². The van der Waals surface area contributed by atoms with Crippen LogP contribution in [0.15, 0.2) is 48.5 Å². The summed E-state index contributed by atoms with van der Waals surface area (Å²) in [6.07, 6.45) is 0.648. The number of rotatable bonds is 2. The van der Waals surface area contributed by atoms with Gasteiger partial charge in [-0.3, -0.25) is 9.89 Å². The molecule has 0 saturated carbocycles. The van der Waals surface area contributed by atoms with Crippen LogP contribution in [0.2, 0.25) is 0 Å². The molecule has 4 aromatic rings. The number of fused-ring (bicyclic) bond motifs is 2. The predicted molar refractivity (Wildman–Crippen MR) is 98.5 cm³/mol. The fourth-order valence-corrected chi connectivity index (χ4v) is 3.52. The number of aromatic amines is 2. The van der Waals surface area contributed by atoms with E-state index in [1.54, 1.807) is 11.0 Å². The highest BCUT2D eigenvalue weighted by molar-refractivity contribution is 6.04. The van der Waals surface area contributed by atoms with Crippen LogP contribution in [0.1, 0.15) is 21.9 Å². The molecule has 1 aliphatic rings. The maximum Gasteiger partial charge on any atom is 0.275 e. The van der Waals surface area contributed by atoms with Crippen LogP contribution in [0.4, 0.5) is 4.39 Å². The molecule has 1 amide bonds. The Labute approximate surface area is 154 Å². The number of benzene rings is 2. The van der Waals surface area contributed by atoms with Crippen molar-refractivity contribution >= 4 is 16.8 Å². The first-order chi connectivity index (χ1) is 13.2. The first kappa shape index (κ1) is 15.7. The molecule has 5 rings (SSSR count). The smallest absolute Gasteiger partial charge is 0.275 e. The lowest BCUT2D eigenvalue weighted by Crippen LogP contribution is -2.36. The summed E-state index contributed by atoms with van der Waals surface area (Å²) in [5.74, 6) is 0.211. The normalized spacial score (nSPS) is 13.7. The van der Waals surface area contributed by atoms with E-state index in [1.165, 1.54) is 12.1 Å². The molecule has 0 fully saturated rings. The number of imidazole rings is 1. The molecular formula is C20H16FN5O. The molecular weight excluding hydrogens is 345 g/mol. The van der Waals surface area contributed by atoms with Crippen LogP contribution >= 0.6 is 0 Å². The molecule has 27 heavy (non-hydrogen) atoms. The minimum atomic E-state index is -0.302. The van der Waals surface area contributed by atoms with Gasteiger partial charge in [-0.1, -0.05) is 30.3 Å². The van der Waals surface area contributed by atoms with E-state index >= 15 is 0 Å². The SMILES string of the molecule is O=C(c1n[nH]c2ccccc12)N1CCc2nc(-c3cccc(F)c3)[nH]c2C1. The Hall–Kier alpha value is -3.48. The maximum absolute atomic E-state index is 13.5. The molecule has 1 aliphatic heterocycles. The van der Waals surface area contributed by atoms with Gasteiger partial charge in [-0.25, -0.2) is 9.37 Å². The lowest BCUT2D eigenvalue weighted by atomic mass is 10.1. The molecule has 2 aromatic heterocycles. The van der Waals surface area contributed by atoms with E-state index in [2.05, 4.69) is 20.2 Å². The van der Waals surface area contributed by atoms with Crippen LogP contribution in [0.25, 0.3) is 22.3 Å². The Morgan fingerprint density at radius 1 is 1.15 bits per heavy atom. The highest BCUT2D eigenvalue weighted by Crippen LogP contribution is 2.25. The van der Waals surface area contributed by atoms with E-state index < -0.39 is 0 Å². The molecule has 134 valence electrons. The van der Waals surface area contributed by atoms with Crippen LogP contribution in [0.3, 0.4) is 0 Å². The van der Waals surface area contributed by atoms with E-state index in [9.17, 15) is 9.18 Å². The summed E-state index contributed by atoms with van der Waals surface area (Å²) in [5, 5.41) is 7.93. The van der Waals surface area contributed by atoms with Crippen molar-refractivity contribution in [2.75, 3.05) is 6.54 Å². The van der Waals surface area contributed by atoms with Crippen LogP contribution in [-0.2, 0) is 13.0 Å². The lowest BCUT2D eigenvalue weighted by molar-refractivity contribution is 0.0728. The largest absolute Gasteiger partial charge is 0.340 e. The van der Waals surface area contributed by atoms with Gasteiger partial charge in [-0.05, 0) is 18.2 Å². The van der Waals surface area contributed by atoms with Crippen LogP contribution < -0.4 is 0 Å². The van der Waals surface area contributed by atoms with Crippen molar-refractivity contribution in [2.24, 2.45) is 0 Å². The summed E-state index contributed by atoms with van der Waals surface area (Å²) in [6.45, 7) is 0.998. The molecule has 0 aliphatic carbocycles. The third kappa shape index (κ3) is 2.68. The Bertz CT molecular complexity index is 1160. The zero-order chi connectivity index (χ0) is 18.4. The summed E-state index contributed by atoms with van der Waals surface area (Å²) < 4.78 is 13.5. The quantitative estimate of drug-likeness (QED) is 0.575. The number of aromatic nitrogens is 4. The Morgan fingerprint density at radius 3 is 2.93 bits per heavy atom. The minimum Gasteiger partial charge on any atom is -0.340 e. The molecule has 0 radical (unpaired) electrons. The molecule has 6 nitrogen and oxygen atoms in total. The van der Waals surface area contributed by atoms with Crippen molar-refractivity contribution in [3.8, 4) is 11.4 Å². The van der Waals surface area contributed by atoms with Gasteiger partial charge in [0.1, 0.15) is 11.6 Å². The molecule has 0 bridgehead atoms. The molecule has 0 saturated heterocycles. The van der Waals surface area contributed by atoms with Gasteiger partial charge >= 0.3 is 0 Å². The van der Waals surface area contributed by atoms with E-state index in [1.807, 2.05) is 30.3 Å². The molecule has 3 heterocycles. The summed E-state index contributed by atoms with van der Waals surface area (Å²) >= 11 is 0. The number of carbonyl (C=O) groups is 1. The summed E-state index contributed by atoms with van der Waals surface area (Å²) in [5.41, 5.74) is 3.77. The van der Waals surface area contributed by atoms with Crippen LogP contribution in [0, 0.1) is 5.82 Å². The highest BCUT2D eigenvalue weighted by Gasteiger charge is 2.27. The topological polar surface area (TPSA) is 77.7 Å². The van der Waals surface area contributed by atoms with Crippen LogP contribution in [-0.4, -0.2) is 37.5 Å². The minimum absolute atomic E-state index is 0.111. The Balaban J connectivity index is 1.43. The van der Waals surface area contributed by atoms with Gasteiger partial charge < -0.3 is 9.88 Å². The first-order valence-corrected chi connectivity index (χ1v) is 8.75. The number of carbonyl (C=O) groups excluding carboxylic acids is 1. The third-order valence-electron chi connectivity index (χ3n) is 4.89. The Morgan fingerprint density at radius 2 is 2.04 bits per heavy atom. The average molecular weight is 361 g/mol. The maximum atomic E-state index is 13.5. The number of nitrogens with zero attached hydrogens (tertiary/aromatic N) is 3. The van der Waals surface area contributed by atoms with Crippen molar-refractivity contribution < 1.29 is 9.18 Å². The molecule has 2 aromatic carbocycles. The highest BCUT2D eigenvalue weighted by atomic mass is 19.1. The first-order valence-electron chi connectivity index (χ1n) is 8.75. The zero-order valence-corrected chi connectivity index (χ0v) is 14.4. The van der Waals surface area contributed by atoms with Gasteiger partial charge in [0, 0.05) is 23.9 Å². The number of H-pyrrole nitrogens is 2. The lowest BCUT2D eigenvalue weighted by Gasteiger charge is -2.25. The second kappa shape index (κ2) is 6.05. The molecule has 0 spiro atoms. The number of para-hydroxylation sites is 1. The fraction of sp³-hybridized carbons (Fsp3) is 0.150. The second-order valence-electron chi connectivity index (χ2n) is 6.62.